The molecule has 1 saturated heterocycles. The van der Waals surface area contributed by atoms with E-state index in [4.69, 9.17) is 0 Å². The third kappa shape index (κ3) is 4.26. The van der Waals surface area contributed by atoms with Gasteiger partial charge >= 0.3 is 0 Å². The molecule has 5 heteroatoms. The first-order valence-electron chi connectivity index (χ1n) is 10.1. The maximum absolute atomic E-state index is 12.7. The maximum Gasteiger partial charge on any atom is 0.255 e. The van der Waals surface area contributed by atoms with Crippen LogP contribution in [0.3, 0.4) is 0 Å². The number of piperazine rings is 1. The zero-order chi connectivity index (χ0) is 19.3. The molecule has 0 spiro atoms. The largest absolute Gasteiger partial charge is 0.369 e. The van der Waals surface area contributed by atoms with Gasteiger partial charge in [0.15, 0.2) is 0 Å². The first kappa shape index (κ1) is 18.7. The molecule has 28 heavy (non-hydrogen) atoms. The summed E-state index contributed by atoms with van der Waals surface area (Å²) in [4.78, 5) is 15.1. The molecule has 0 aromatic heterocycles. The zero-order valence-corrected chi connectivity index (χ0v) is 16.4. The van der Waals surface area contributed by atoms with Crippen LogP contribution in [0.1, 0.15) is 27.9 Å². The second-order valence-electron chi connectivity index (χ2n) is 7.45. The first-order chi connectivity index (χ1) is 13.7. The zero-order valence-electron chi connectivity index (χ0n) is 16.4. The van der Waals surface area contributed by atoms with Gasteiger partial charge in [0.05, 0.1) is 0 Å². The number of carbonyl (C=O) groups is 1. The summed E-state index contributed by atoms with van der Waals surface area (Å²) in [6.45, 7) is 8.04. The van der Waals surface area contributed by atoms with E-state index in [1.807, 2.05) is 37.3 Å². The van der Waals surface area contributed by atoms with Gasteiger partial charge < -0.3 is 20.9 Å². The van der Waals surface area contributed by atoms with Gasteiger partial charge in [0.1, 0.15) is 0 Å². The van der Waals surface area contributed by atoms with E-state index in [1.54, 1.807) is 0 Å². The Bertz CT molecular complexity index is 867. The molecule has 2 aromatic rings. The number of nitrogens with one attached hydrogen (secondary N) is 3. The lowest BCUT2D eigenvalue weighted by molar-refractivity contribution is 0.102. The molecule has 1 fully saturated rings. The van der Waals surface area contributed by atoms with Crippen molar-refractivity contribution < 1.29 is 4.79 Å². The average molecular weight is 377 g/mol. The van der Waals surface area contributed by atoms with Crippen molar-refractivity contribution in [3.05, 3.63) is 65.2 Å². The van der Waals surface area contributed by atoms with Crippen LogP contribution in [0.5, 0.6) is 0 Å². The molecule has 0 unspecified atom stereocenters. The number of carbonyl (C=O) groups excluding carboxylic acids is 1. The molecule has 4 rings (SSSR count). The van der Waals surface area contributed by atoms with Crippen molar-refractivity contribution in [2.45, 2.75) is 13.3 Å². The molecule has 0 saturated carbocycles. The van der Waals surface area contributed by atoms with Crippen LogP contribution in [-0.4, -0.2) is 45.2 Å². The molecule has 0 aliphatic carbocycles. The summed E-state index contributed by atoms with van der Waals surface area (Å²) in [7, 11) is 0. The average Bonchev–Trinajstić information content (AvgIpc) is 2.76. The third-order valence-corrected chi connectivity index (χ3v) is 5.52. The fraction of sp³-hybridized carbons (Fsp3) is 0.348. The standard InChI is InChI=1S/C23H28N4O/c1-17-16-21(27-14-12-25-13-15-27)6-7-22(17)26-23(28)20-4-2-18(3-5-20)19-8-10-24-11-9-19/h2-8,16,24-25H,9-15H2,1H3,(H,26,28). The summed E-state index contributed by atoms with van der Waals surface area (Å²) in [6.07, 6.45) is 3.26. The van der Waals surface area contributed by atoms with E-state index in [2.05, 4.69) is 39.1 Å². The lowest BCUT2D eigenvalue weighted by atomic mass is 9.99. The molecule has 2 heterocycles. The van der Waals surface area contributed by atoms with Gasteiger partial charge in [-0.3, -0.25) is 4.79 Å². The van der Waals surface area contributed by atoms with Gasteiger partial charge in [0.2, 0.25) is 0 Å². The van der Waals surface area contributed by atoms with E-state index < -0.39 is 0 Å². The highest BCUT2D eigenvalue weighted by Crippen LogP contribution is 2.24. The predicted octanol–water partition coefficient (Wildman–Crippen LogP) is 3.03. The van der Waals surface area contributed by atoms with E-state index in [9.17, 15) is 4.79 Å². The summed E-state index contributed by atoms with van der Waals surface area (Å²) in [5, 5.41) is 9.76. The highest BCUT2D eigenvalue weighted by Gasteiger charge is 2.13. The molecule has 5 nitrogen and oxygen atoms in total. The molecular weight excluding hydrogens is 348 g/mol. The van der Waals surface area contributed by atoms with Gasteiger partial charge in [-0.25, -0.2) is 0 Å². The molecule has 2 aromatic carbocycles. The molecule has 0 bridgehead atoms. The molecule has 2 aliphatic rings. The van der Waals surface area contributed by atoms with Crippen LogP contribution in [0.15, 0.2) is 48.5 Å². The topological polar surface area (TPSA) is 56.4 Å². The van der Waals surface area contributed by atoms with E-state index in [-0.39, 0.29) is 5.91 Å². The van der Waals surface area contributed by atoms with Gasteiger partial charge in [0.25, 0.3) is 5.91 Å². The predicted molar refractivity (Wildman–Crippen MR) is 116 cm³/mol. The van der Waals surface area contributed by atoms with Gasteiger partial charge in [-0.15, -0.1) is 0 Å². The second kappa shape index (κ2) is 8.59. The second-order valence-corrected chi connectivity index (χ2v) is 7.45. The Kier molecular flexibility index (Phi) is 5.74. The normalized spacial score (nSPS) is 17.2. The lowest BCUT2D eigenvalue weighted by Gasteiger charge is -2.30. The fourth-order valence-electron chi connectivity index (χ4n) is 3.82. The van der Waals surface area contributed by atoms with Gasteiger partial charge in [-0.05, 0) is 66.9 Å². The Balaban J connectivity index is 1.43. The van der Waals surface area contributed by atoms with E-state index in [0.717, 1.165) is 56.9 Å². The van der Waals surface area contributed by atoms with Crippen LogP contribution in [0.2, 0.25) is 0 Å². The van der Waals surface area contributed by atoms with Crippen LogP contribution in [0.25, 0.3) is 5.57 Å². The molecule has 1 amide bonds. The summed E-state index contributed by atoms with van der Waals surface area (Å²) in [5.41, 5.74) is 6.41. The minimum absolute atomic E-state index is 0.0659. The fourth-order valence-corrected chi connectivity index (χ4v) is 3.82. The van der Waals surface area contributed by atoms with Gasteiger partial charge in [0, 0.05) is 49.7 Å². The number of amides is 1. The Morgan fingerprint density at radius 2 is 1.79 bits per heavy atom. The lowest BCUT2D eigenvalue weighted by Crippen LogP contribution is -2.43. The van der Waals surface area contributed by atoms with E-state index in [0.29, 0.717) is 5.56 Å². The molecule has 3 N–H and O–H groups in total. The summed E-state index contributed by atoms with van der Waals surface area (Å²) < 4.78 is 0. The maximum atomic E-state index is 12.7. The monoisotopic (exact) mass is 376 g/mol. The van der Waals surface area contributed by atoms with Crippen LogP contribution in [-0.2, 0) is 0 Å². The molecule has 0 atom stereocenters. The van der Waals surface area contributed by atoms with Crippen LogP contribution in [0, 0.1) is 6.92 Å². The van der Waals surface area contributed by atoms with Crippen molar-refractivity contribution in [1.29, 1.82) is 0 Å². The first-order valence-corrected chi connectivity index (χ1v) is 10.1. The number of rotatable bonds is 4. The SMILES string of the molecule is Cc1cc(N2CCNCC2)ccc1NC(=O)c1ccc(C2=CCNCC2)cc1. The summed E-state index contributed by atoms with van der Waals surface area (Å²) in [5.74, 6) is -0.0659. The minimum Gasteiger partial charge on any atom is -0.369 e. The molecule has 146 valence electrons. The van der Waals surface area contributed by atoms with Crippen molar-refractivity contribution in [2.24, 2.45) is 0 Å². The Morgan fingerprint density at radius 3 is 2.46 bits per heavy atom. The number of hydrogen-bond donors (Lipinski definition) is 3. The third-order valence-electron chi connectivity index (χ3n) is 5.52. The number of anilines is 2. The number of nitrogens with zero attached hydrogens (tertiary/aromatic N) is 1. The van der Waals surface area contributed by atoms with Crippen LogP contribution in [0.4, 0.5) is 11.4 Å². The number of benzene rings is 2. The molecule has 2 aliphatic heterocycles. The minimum atomic E-state index is -0.0659. The number of aryl methyl sites for hydroxylation is 1. The van der Waals surface area contributed by atoms with Crippen molar-refractivity contribution in [1.82, 2.24) is 10.6 Å². The van der Waals surface area contributed by atoms with Crippen molar-refractivity contribution in [2.75, 3.05) is 49.5 Å². The Morgan fingerprint density at radius 1 is 1.00 bits per heavy atom. The highest BCUT2D eigenvalue weighted by molar-refractivity contribution is 6.04. The quantitative estimate of drug-likeness (QED) is 0.768. The smallest absolute Gasteiger partial charge is 0.255 e. The van der Waals surface area contributed by atoms with E-state index >= 15 is 0 Å². The van der Waals surface area contributed by atoms with Crippen LogP contribution >= 0.6 is 0 Å². The Hall–Kier alpha value is -2.63. The Labute approximate surface area is 166 Å². The number of hydrogen-bond acceptors (Lipinski definition) is 4. The summed E-state index contributed by atoms with van der Waals surface area (Å²) in [6, 6.07) is 14.2. The molecule has 0 radical (unpaired) electrons. The van der Waals surface area contributed by atoms with Gasteiger partial charge in [-0.1, -0.05) is 18.2 Å². The van der Waals surface area contributed by atoms with Crippen molar-refractivity contribution >= 4 is 22.9 Å². The summed E-state index contributed by atoms with van der Waals surface area (Å²) >= 11 is 0. The van der Waals surface area contributed by atoms with Crippen molar-refractivity contribution in [3.63, 3.8) is 0 Å². The van der Waals surface area contributed by atoms with Crippen molar-refractivity contribution in [3.8, 4) is 0 Å². The van der Waals surface area contributed by atoms with Crippen LogP contribution < -0.4 is 20.9 Å². The molecular formula is C23H28N4O. The van der Waals surface area contributed by atoms with Gasteiger partial charge in [-0.2, -0.15) is 0 Å². The van der Waals surface area contributed by atoms with E-state index in [1.165, 1.54) is 16.8 Å². The highest BCUT2D eigenvalue weighted by atomic mass is 16.1.